The fraction of sp³-hybridized carbons (Fsp3) is 0.308. The van der Waals surface area contributed by atoms with Gasteiger partial charge in [-0.15, -0.1) is 0 Å². The number of aromatic nitrogens is 4. The summed E-state index contributed by atoms with van der Waals surface area (Å²) >= 11 is 0. The summed E-state index contributed by atoms with van der Waals surface area (Å²) in [6, 6.07) is 16.7. The minimum absolute atomic E-state index is 0.183. The zero-order chi connectivity index (χ0) is 23.1. The quantitative estimate of drug-likeness (QED) is 0.490. The van der Waals surface area contributed by atoms with Crippen LogP contribution in [0.3, 0.4) is 0 Å². The molecule has 6 rings (SSSR count). The number of H-pyrrole nitrogens is 1. The highest BCUT2D eigenvalue weighted by Crippen LogP contribution is 2.32. The van der Waals surface area contributed by atoms with Crippen molar-refractivity contribution in [2.75, 3.05) is 13.1 Å². The van der Waals surface area contributed by atoms with Gasteiger partial charge in [-0.1, -0.05) is 6.07 Å². The smallest absolute Gasteiger partial charge is 0.219 e. The van der Waals surface area contributed by atoms with Crippen molar-refractivity contribution < 1.29 is 9.53 Å². The molecule has 3 aromatic heterocycles. The first-order valence-electron chi connectivity index (χ1n) is 11.7. The maximum atomic E-state index is 11.8. The van der Waals surface area contributed by atoms with Gasteiger partial charge in [0.1, 0.15) is 5.75 Å². The molecule has 2 bridgehead atoms. The molecule has 1 aromatic carbocycles. The number of amides is 1. The van der Waals surface area contributed by atoms with Crippen molar-refractivity contribution in [3.05, 3.63) is 66.6 Å². The molecule has 34 heavy (non-hydrogen) atoms. The highest BCUT2D eigenvalue weighted by molar-refractivity contribution is 5.80. The number of piperazine rings is 1. The Balaban J connectivity index is 1.15. The molecule has 2 unspecified atom stereocenters. The maximum absolute atomic E-state index is 11.8. The van der Waals surface area contributed by atoms with E-state index in [1.165, 1.54) is 0 Å². The van der Waals surface area contributed by atoms with Crippen molar-refractivity contribution in [3.8, 4) is 22.9 Å². The lowest BCUT2D eigenvalue weighted by atomic mass is 10.1. The second kappa shape index (κ2) is 8.53. The number of ether oxygens (including phenoxy) is 1. The molecular weight excluding hydrogens is 428 g/mol. The lowest BCUT2D eigenvalue weighted by Crippen LogP contribution is -2.54. The number of hydrogen-bond donors (Lipinski definition) is 1. The minimum atomic E-state index is 0.183. The standard InChI is InChI=1S/C26H26N6O2/c1-17(33)31-15-21-5-6-22(16-31)32(21)14-20-4-2-18-12-23(7-8-24(18)29-20)34-26-9-3-19(13-27-26)25-10-11-28-30-25/h2-4,7-13,21-22H,5-6,14-16H2,1H3,(H,28,30). The van der Waals surface area contributed by atoms with Gasteiger partial charge in [-0.25, -0.2) is 4.98 Å². The van der Waals surface area contributed by atoms with Crippen LogP contribution in [0.4, 0.5) is 0 Å². The van der Waals surface area contributed by atoms with Crippen LogP contribution in [-0.2, 0) is 11.3 Å². The van der Waals surface area contributed by atoms with Crippen molar-refractivity contribution >= 4 is 16.8 Å². The number of fused-ring (bicyclic) bond motifs is 3. The molecule has 2 atom stereocenters. The van der Waals surface area contributed by atoms with E-state index in [9.17, 15) is 4.79 Å². The Morgan fingerprint density at radius 2 is 1.94 bits per heavy atom. The van der Waals surface area contributed by atoms with Gasteiger partial charge in [-0.05, 0) is 49.2 Å². The third-order valence-corrected chi connectivity index (χ3v) is 6.91. The Morgan fingerprint density at radius 1 is 1.09 bits per heavy atom. The molecule has 172 valence electrons. The van der Waals surface area contributed by atoms with Crippen LogP contribution in [0.5, 0.6) is 11.6 Å². The molecule has 0 spiro atoms. The monoisotopic (exact) mass is 454 g/mol. The van der Waals surface area contributed by atoms with E-state index >= 15 is 0 Å². The first-order chi connectivity index (χ1) is 16.6. The Kier molecular flexibility index (Phi) is 5.22. The summed E-state index contributed by atoms with van der Waals surface area (Å²) in [6.45, 7) is 4.15. The minimum Gasteiger partial charge on any atom is -0.439 e. The Labute approximate surface area is 197 Å². The molecule has 0 saturated carbocycles. The fourth-order valence-corrected chi connectivity index (χ4v) is 5.13. The number of benzene rings is 1. The number of likely N-dealkylation sites (tertiary alicyclic amines) is 1. The van der Waals surface area contributed by atoms with E-state index in [-0.39, 0.29) is 5.91 Å². The van der Waals surface area contributed by atoms with E-state index in [2.05, 4.69) is 32.2 Å². The normalized spacial score (nSPS) is 20.1. The lowest BCUT2D eigenvalue weighted by molar-refractivity contribution is -0.132. The first kappa shape index (κ1) is 20.8. The number of nitrogens with zero attached hydrogens (tertiary/aromatic N) is 5. The second-order valence-corrected chi connectivity index (χ2v) is 9.10. The predicted molar refractivity (Wildman–Crippen MR) is 128 cm³/mol. The van der Waals surface area contributed by atoms with Crippen LogP contribution in [0.1, 0.15) is 25.5 Å². The zero-order valence-corrected chi connectivity index (χ0v) is 19.0. The number of hydrogen-bond acceptors (Lipinski definition) is 6. The van der Waals surface area contributed by atoms with Crippen LogP contribution < -0.4 is 4.74 Å². The summed E-state index contributed by atoms with van der Waals surface area (Å²) in [5.41, 5.74) is 3.88. The molecule has 8 nitrogen and oxygen atoms in total. The fourth-order valence-electron chi connectivity index (χ4n) is 5.13. The highest BCUT2D eigenvalue weighted by Gasteiger charge is 2.40. The number of nitrogens with one attached hydrogen (secondary N) is 1. The zero-order valence-electron chi connectivity index (χ0n) is 19.0. The van der Waals surface area contributed by atoms with E-state index in [0.29, 0.717) is 18.0 Å². The van der Waals surface area contributed by atoms with Gasteiger partial charge in [-0.2, -0.15) is 5.10 Å². The number of pyridine rings is 2. The van der Waals surface area contributed by atoms with Crippen LogP contribution in [-0.4, -0.2) is 61.0 Å². The molecule has 1 amide bonds. The summed E-state index contributed by atoms with van der Waals surface area (Å²) < 4.78 is 5.97. The summed E-state index contributed by atoms with van der Waals surface area (Å²) in [5, 5.41) is 7.93. The number of aromatic amines is 1. The number of rotatable bonds is 5. The third-order valence-electron chi connectivity index (χ3n) is 6.91. The van der Waals surface area contributed by atoms with Crippen LogP contribution in [0.15, 0.2) is 60.9 Å². The molecule has 2 aliphatic heterocycles. The largest absolute Gasteiger partial charge is 0.439 e. The number of carbonyl (C=O) groups excluding carboxylic acids is 1. The summed E-state index contributed by atoms with van der Waals surface area (Å²) in [4.78, 5) is 25.7. The Hall–Kier alpha value is -3.78. The van der Waals surface area contributed by atoms with E-state index in [4.69, 9.17) is 9.72 Å². The number of carbonyl (C=O) groups is 1. The molecule has 8 heteroatoms. The molecule has 4 aromatic rings. The molecule has 2 aliphatic rings. The third kappa shape index (κ3) is 4.01. The molecule has 2 fully saturated rings. The van der Waals surface area contributed by atoms with Gasteiger partial charge in [0.25, 0.3) is 0 Å². The SMILES string of the molecule is CC(=O)N1CC2CCC(C1)N2Cc1ccc2cc(Oc3ccc(-c4ccn[nH]4)cn3)ccc2n1. The van der Waals surface area contributed by atoms with Crippen LogP contribution in [0.2, 0.25) is 0 Å². The van der Waals surface area contributed by atoms with Crippen LogP contribution in [0.25, 0.3) is 22.2 Å². The average Bonchev–Trinajstić information content (AvgIpc) is 3.45. The Morgan fingerprint density at radius 3 is 2.65 bits per heavy atom. The van der Waals surface area contributed by atoms with Gasteiger partial charge in [0.15, 0.2) is 0 Å². The second-order valence-electron chi connectivity index (χ2n) is 9.10. The van der Waals surface area contributed by atoms with E-state index in [0.717, 1.165) is 66.1 Å². The summed E-state index contributed by atoms with van der Waals surface area (Å²) in [5.74, 6) is 1.44. The predicted octanol–water partition coefficient (Wildman–Crippen LogP) is 4.01. The first-order valence-corrected chi connectivity index (χ1v) is 11.7. The highest BCUT2D eigenvalue weighted by atomic mass is 16.5. The summed E-state index contributed by atoms with van der Waals surface area (Å²) in [6.07, 6.45) is 5.79. The van der Waals surface area contributed by atoms with Gasteiger partial charge in [0, 0.05) is 68.1 Å². The van der Waals surface area contributed by atoms with Gasteiger partial charge in [0.05, 0.1) is 16.9 Å². The molecule has 2 saturated heterocycles. The molecule has 0 radical (unpaired) electrons. The lowest BCUT2D eigenvalue weighted by Gasteiger charge is -2.40. The van der Waals surface area contributed by atoms with Crippen molar-refractivity contribution in [1.82, 2.24) is 30.0 Å². The topological polar surface area (TPSA) is 87.2 Å². The summed E-state index contributed by atoms with van der Waals surface area (Å²) in [7, 11) is 0. The molecule has 1 N–H and O–H groups in total. The van der Waals surface area contributed by atoms with Crippen molar-refractivity contribution in [2.24, 2.45) is 0 Å². The van der Waals surface area contributed by atoms with E-state index < -0.39 is 0 Å². The average molecular weight is 455 g/mol. The molecule has 5 heterocycles. The van der Waals surface area contributed by atoms with Gasteiger partial charge in [-0.3, -0.25) is 19.8 Å². The van der Waals surface area contributed by atoms with E-state index in [1.54, 1.807) is 19.3 Å². The van der Waals surface area contributed by atoms with Gasteiger partial charge >= 0.3 is 0 Å². The van der Waals surface area contributed by atoms with Crippen molar-refractivity contribution in [3.63, 3.8) is 0 Å². The molecule has 0 aliphatic carbocycles. The maximum Gasteiger partial charge on any atom is 0.219 e. The van der Waals surface area contributed by atoms with Crippen molar-refractivity contribution in [2.45, 2.75) is 38.4 Å². The van der Waals surface area contributed by atoms with E-state index in [1.807, 2.05) is 41.3 Å². The van der Waals surface area contributed by atoms with Crippen LogP contribution in [0, 0.1) is 0 Å². The molecular formula is C26H26N6O2. The van der Waals surface area contributed by atoms with Crippen molar-refractivity contribution in [1.29, 1.82) is 0 Å². The Bertz CT molecular complexity index is 1310. The van der Waals surface area contributed by atoms with Crippen LogP contribution >= 0.6 is 0 Å². The van der Waals surface area contributed by atoms with Gasteiger partial charge in [0.2, 0.25) is 11.8 Å². The van der Waals surface area contributed by atoms with Gasteiger partial charge < -0.3 is 9.64 Å².